The van der Waals surface area contributed by atoms with Crippen molar-refractivity contribution in [1.82, 2.24) is 9.62 Å². The highest BCUT2D eigenvalue weighted by Gasteiger charge is 2.21. The highest BCUT2D eigenvalue weighted by atomic mass is 32.2. The van der Waals surface area contributed by atoms with Crippen molar-refractivity contribution < 1.29 is 18.3 Å². The van der Waals surface area contributed by atoms with Gasteiger partial charge in [-0.1, -0.05) is 13.8 Å². The summed E-state index contributed by atoms with van der Waals surface area (Å²) < 4.78 is 33.1. The van der Waals surface area contributed by atoms with Crippen molar-refractivity contribution in [2.45, 2.75) is 37.5 Å². The summed E-state index contributed by atoms with van der Waals surface area (Å²) >= 11 is 0. The molecule has 25 heavy (non-hydrogen) atoms. The van der Waals surface area contributed by atoms with Crippen LogP contribution < -0.4 is 9.46 Å². The number of likely N-dealkylation sites (tertiary alicyclic amines) is 1. The van der Waals surface area contributed by atoms with E-state index in [9.17, 15) is 13.5 Å². The van der Waals surface area contributed by atoms with Gasteiger partial charge in [0.15, 0.2) is 0 Å². The van der Waals surface area contributed by atoms with E-state index >= 15 is 0 Å². The Balaban J connectivity index is 1.98. The van der Waals surface area contributed by atoms with Gasteiger partial charge in [0.2, 0.25) is 10.0 Å². The van der Waals surface area contributed by atoms with Crippen molar-refractivity contribution in [2.24, 2.45) is 5.92 Å². The molecule has 0 aliphatic carbocycles. The Bertz CT molecular complexity index is 661. The molecule has 7 heteroatoms. The summed E-state index contributed by atoms with van der Waals surface area (Å²) in [5, 5.41) is 9.28. The predicted molar refractivity (Wildman–Crippen MR) is 98.5 cm³/mol. The van der Waals surface area contributed by atoms with Crippen LogP contribution in [0.25, 0.3) is 0 Å². The quantitative estimate of drug-likeness (QED) is 0.729. The molecule has 1 aromatic carbocycles. The van der Waals surface area contributed by atoms with Crippen LogP contribution in [0.15, 0.2) is 23.1 Å². The van der Waals surface area contributed by atoms with Gasteiger partial charge in [0, 0.05) is 26.2 Å². The number of ether oxygens (including phenoxy) is 1. The maximum atomic E-state index is 12.6. The average Bonchev–Trinajstić information content (AvgIpc) is 2.61. The molecule has 0 saturated carbocycles. The lowest BCUT2D eigenvalue weighted by molar-refractivity contribution is 0.122. The normalized spacial score (nSPS) is 19.3. The first kappa shape index (κ1) is 20.2. The summed E-state index contributed by atoms with van der Waals surface area (Å²) in [4.78, 5) is 2.48. The second-order valence-electron chi connectivity index (χ2n) is 6.95. The lowest BCUT2D eigenvalue weighted by atomic mass is 9.99. The zero-order valence-electron chi connectivity index (χ0n) is 15.4. The van der Waals surface area contributed by atoms with Crippen LogP contribution in [-0.4, -0.2) is 58.3 Å². The van der Waals surface area contributed by atoms with E-state index in [1.54, 1.807) is 25.3 Å². The van der Waals surface area contributed by atoms with Gasteiger partial charge in [0.05, 0.1) is 12.0 Å². The number of hydrogen-bond donors (Lipinski definition) is 2. The molecule has 1 fully saturated rings. The number of sulfonamides is 1. The molecule has 1 heterocycles. The summed E-state index contributed by atoms with van der Waals surface area (Å²) in [6.07, 6.45) is 2.09. The number of hydrogen-bond acceptors (Lipinski definition) is 5. The van der Waals surface area contributed by atoms with Crippen LogP contribution >= 0.6 is 0 Å². The molecular formula is C18H30N2O4S. The molecule has 6 nitrogen and oxygen atoms in total. The minimum absolute atomic E-state index is 0.175. The fraction of sp³-hybridized carbons (Fsp3) is 0.667. The first-order valence-corrected chi connectivity index (χ1v) is 10.4. The van der Waals surface area contributed by atoms with Crippen LogP contribution in [0.2, 0.25) is 0 Å². The van der Waals surface area contributed by atoms with Crippen LogP contribution in [0.3, 0.4) is 0 Å². The molecule has 0 amide bonds. The van der Waals surface area contributed by atoms with E-state index in [0.29, 0.717) is 24.8 Å². The Hall–Kier alpha value is -1.15. The Labute approximate surface area is 151 Å². The molecular weight excluding hydrogens is 340 g/mol. The van der Waals surface area contributed by atoms with Gasteiger partial charge >= 0.3 is 0 Å². The third-order valence-corrected chi connectivity index (χ3v) is 6.17. The van der Waals surface area contributed by atoms with E-state index in [1.807, 2.05) is 13.8 Å². The van der Waals surface area contributed by atoms with Crippen LogP contribution in [0.1, 0.15) is 38.2 Å². The number of aliphatic hydroxyl groups excluding tert-OH is 1. The van der Waals surface area contributed by atoms with Gasteiger partial charge < -0.3 is 14.7 Å². The molecule has 0 unspecified atom stereocenters. The van der Waals surface area contributed by atoms with Gasteiger partial charge in [-0.3, -0.25) is 0 Å². The molecule has 1 aliphatic rings. The maximum absolute atomic E-state index is 12.6. The Morgan fingerprint density at radius 2 is 2.16 bits per heavy atom. The van der Waals surface area contributed by atoms with Crippen LogP contribution in [-0.2, 0) is 10.0 Å². The van der Waals surface area contributed by atoms with Gasteiger partial charge in [-0.05, 0) is 55.0 Å². The molecule has 1 saturated heterocycles. The molecule has 2 rings (SSSR count). The number of methoxy groups -OCH3 is 1. The highest BCUT2D eigenvalue weighted by Crippen LogP contribution is 2.28. The number of rotatable bonds is 8. The molecule has 1 aromatic rings. The Kier molecular flexibility index (Phi) is 7.25. The standard InChI is InChI=1S/C18H30N2O4S/c1-14(2)17-11-16(6-7-18(17)24-3)25(22,23)19-8-10-20-9-4-5-15(12-20)13-21/h6-7,11,14-15,19,21H,4-5,8-10,12-13H2,1-3H3/t15-/m1/s1. The van der Waals surface area contributed by atoms with E-state index in [2.05, 4.69) is 9.62 Å². The van der Waals surface area contributed by atoms with Gasteiger partial charge in [-0.15, -0.1) is 0 Å². The summed E-state index contributed by atoms with van der Waals surface area (Å²) in [7, 11) is -1.95. The fourth-order valence-corrected chi connectivity index (χ4v) is 4.31. The second-order valence-corrected chi connectivity index (χ2v) is 8.71. The highest BCUT2D eigenvalue weighted by molar-refractivity contribution is 7.89. The SMILES string of the molecule is COc1ccc(S(=O)(=O)NCCN2CCC[C@@H](CO)C2)cc1C(C)C. The third-order valence-electron chi connectivity index (χ3n) is 4.71. The van der Waals surface area contributed by atoms with Crippen molar-refractivity contribution in [2.75, 3.05) is 39.9 Å². The smallest absolute Gasteiger partial charge is 0.240 e. The van der Waals surface area contributed by atoms with Crippen molar-refractivity contribution >= 4 is 10.0 Å². The summed E-state index contributed by atoms with van der Waals surface area (Å²) in [6.45, 7) is 7.03. The first-order valence-electron chi connectivity index (χ1n) is 8.88. The molecule has 2 N–H and O–H groups in total. The maximum Gasteiger partial charge on any atom is 0.240 e. The predicted octanol–water partition coefficient (Wildman–Crippen LogP) is 1.80. The average molecular weight is 371 g/mol. The van der Waals surface area contributed by atoms with Crippen molar-refractivity contribution in [3.8, 4) is 5.75 Å². The second kappa shape index (κ2) is 8.98. The number of aliphatic hydroxyl groups is 1. The van der Waals surface area contributed by atoms with E-state index in [4.69, 9.17) is 4.74 Å². The summed E-state index contributed by atoms with van der Waals surface area (Å²) in [5.41, 5.74) is 0.882. The Morgan fingerprint density at radius 3 is 2.80 bits per heavy atom. The summed E-state index contributed by atoms with van der Waals surface area (Å²) in [6, 6.07) is 4.98. The van der Waals surface area contributed by atoms with E-state index in [0.717, 1.165) is 31.5 Å². The molecule has 1 aliphatic heterocycles. The lowest BCUT2D eigenvalue weighted by Crippen LogP contribution is -2.41. The number of nitrogens with one attached hydrogen (secondary N) is 1. The van der Waals surface area contributed by atoms with E-state index in [-0.39, 0.29) is 17.4 Å². The molecule has 0 aromatic heterocycles. The number of benzene rings is 1. The van der Waals surface area contributed by atoms with E-state index in [1.165, 1.54) is 0 Å². The van der Waals surface area contributed by atoms with E-state index < -0.39 is 10.0 Å². The van der Waals surface area contributed by atoms with Crippen LogP contribution in [0, 0.1) is 5.92 Å². The number of piperidine rings is 1. The first-order chi connectivity index (χ1) is 11.9. The molecule has 0 spiro atoms. The number of nitrogens with zero attached hydrogens (tertiary/aromatic N) is 1. The van der Waals surface area contributed by atoms with Gasteiger partial charge in [-0.2, -0.15) is 0 Å². The van der Waals surface area contributed by atoms with Gasteiger partial charge in [0.1, 0.15) is 5.75 Å². The van der Waals surface area contributed by atoms with Crippen molar-refractivity contribution in [3.05, 3.63) is 23.8 Å². The monoisotopic (exact) mass is 370 g/mol. The molecule has 0 bridgehead atoms. The minimum Gasteiger partial charge on any atom is -0.496 e. The Morgan fingerprint density at radius 1 is 1.40 bits per heavy atom. The van der Waals surface area contributed by atoms with Gasteiger partial charge in [0.25, 0.3) is 0 Å². The van der Waals surface area contributed by atoms with Gasteiger partial charge in [-0.25, -0.2) is 13.1 Å². The minimum atomic E-state index is -3.54. The van der Waals surface area contributed by atoms with Crippen molar-refractivity contribution in [3.63, 3.8) is 0 Å². The lowest BCUT2D eigenvalue weighted by Gasteiger charge is -2.31. The zero-order chi connectivity index (χ0) is 18.4. The summed E-state index contributed by atoms with van der Waals surface area (Å²) in [5.74, 6) is 1.19. The largest absolute Gasteiger partial charge is 0.496 e. The molecule has 142 valence electrons. The third kappa shape index (κ3) is 5.41. The zero-order valence-corrected chi connectivity index (χ0v) is 16.2. The molecule has 1 atom stereocenters. The fourth-order valence-electron chi connectivity index (χ4n) is 3.26. The molecule has 0 radical (unpaired) electrons. The van der Waals surface area contributed by atoms with Crippen LogP contribution in [0.5, 0.6) is 5.75 Å². The van der Waals surface area contributed by atoms with Crippen LogP contribution in [0.4, 0.5) is 0 Å². The topological polar surface area (TPSA) is 78.9 Å². The van der Waals surface area contributed by atoms with Crippen molar-refractivity contribution in [1.29, 1.82) is 0 Å².